The van der Waals surface area contributed by atoms with E-state index in [1.165, 1.54) is 0 Å². The van der Waals surface area contributed by atoms with Gasteiger partial charge in [0.05, 0.1) is 14.6 Å². The van der Waals surface area contributed by atoms with Gasteiger partial charge in [-0.25, -0.2) is 9.50 Å². The molecule has 0 aliphatic rings. The topological polar surface area (TPSA) is 56.2 Å². The summed E-state index contributed by atoms with van der Waals surface area (Å²) in [5.41, 5.74) is 3.99. The number of hydrogen-bond donors (Lipinski definition) is 1. The summed E-state index contributed by atoms with van der Waals surface area (Å²) in [7, 11) is 0. The van der Waals surface area contributed by atoms with Gasteiger partial charge in [-0.3, -0.25) is 0 Å². The molecule has 0 aliphatic heterocycles. The zero-order chi connectivity index (χ0) is 15.5. The Morgan fingerprint density at radius 3 is 3.33 bits per heavy atom. The predicted molar refractivity (Wildman–Crippen MR) is 46.9 cm³/mol. The van der Waals surface area contributed by atoms with Crippen LogP contribution in [0.4, 0.5) is 5.82 Å². The largest absolute Gasteiger partial charge is 0.382 e. The van der Waals surface area contributed by atoms with Crippen LogP contribution in [0.1, 0.15) is 22.2 Å². The van der Waals surface area contributed by atoms with E-state index in [0.717, 1.165) is 4.52 Å². The minimum Gasteiger partial charge on any atom is -0.382 e. The molecule has 4 nitrogen and oxygen atoms in total. The molecule has 0 fully saturated rings. The second kappa shape index (κ2) is 2.20. The van der Waals surface area contributed by atoms with Crippen molar-refractivity contribution in [3.05, 3.63) is 23.5 Å². The molecule has 0 aromatic carbocycles. The fraction of sp³-hybridized carbons (Fsp3) is 0.250. The minimum atomic E-state index is -2.72. The molecule has 0 saturated heterocycles. The maximum absolute atomic E-state index is 7.72. The molecule has 0 radical (unpaired) electrons. The average Bonchev–Trinajstić information content (AvgIpc) is 2.55. The van der Waals surface area contributed by atoms with Crippen molar-refractivity contribution in [3.8, 4) is 0 Å². The van der Waals surface area contributed by atoms with E-state index in [2.05, 4.69) is 10.1 Å². The summed E-state index contributed by atoms with van der Waals surface area (Å²) in [5, 5.41) is 3.64. The summed E-state index contributed by atoms with van der Waals surface area (Å²) in [4.78, 5) is 3.67. The number of hydrogen-bond acceptors (Lipinski definition) is 3. The first-order valence-electron chi connectivity index (χ1n) is 7.11. The number of aromatic nitrogens is 3. The van der Waals surface area contributed by atoms with Crippen molar-refractivity contribution in [1.82, 2.24) is 14.6 Å². The van der Waals surface area contributed by atoms with Crippen molar-refractivity contribution in [2.75, 3.05) is 5.73 Å². The van der Waals surface area contributed by atoms with Crippen LogP contribution in [-0.4, -0.2) is 14.6 Å². The standard InChI is InChI=1S/C8H10N4/c1-5-3-7(9)11-12-4-6(2)10-8(5)12/h3-4H,1-2H3,(H2,9,11)/i1D3,2D3,3D,4D. The second-order valence-electron chi connectivity index (χ2n) is 2.19. The highest BCUT2D eigenvalue weighted by Crippen LogP contribution is 2.10. The quantitative estimate of drug-likeness (QED) is 0.640. The van der Waals surface area contributed by atoms with Crippen LogP contribution < -0.4 is 5.73 Å². The lowest BCUT2D eigenvalue weighted by Crippen LogP contribution is -1.98. The van der Waals surface area contributed by atoms with E-state index >= 15 is 0 Å². The Kier molecular flexibility index (Phi) is 0.450. The van der Waals surface area contributed by atoms with E-state index in [9.17, 15) is 0 Å². The summed E-state index contributed by atoms with van der Waals surface area (Å²) in [6.45, 7) is -5.41. The van der Waals surface area contributed by atoms with Crippen LogP contribution in [0.25, 0.3) is 5.65 Å². The molecule has 0 amide bonds. The van der Waals surface area contributed by atoms with E-state index in [1.807, 2.05) is 0 Å². The summed E-state index contributed by atoms with van der Waals surface area (Å²) in [5.74, 6) is -0.411. The van der Waals surface area contributed by atoms with Gasteiger partial charge in [0.25, 0.3) is 0 Å². The van der Waals surface area contributed by atoms with Crippen LogP contribution in [0.3, 0.4) is 0 Å². The molecule has 0 unspecified atom stereocenters. The molecule has 0 saturated carbocycles. The molecule has 0 spiro atoms. The molecule has 2 aromatic heterocycles. The van der Waals surface area contributed by atoms with Crippen LogP contribution >= 0.6 is 0 Å². The number of nitrogens with zero attached hydrogens (tertiary/aromatic N) is 3. The van der Waals surface area contributed by atoms with Gasteiger partial charge in [0.2, 0.25) is 0 Å². The Morgan fingerprint density at radius 2 is 2.58 bits per heavy atom. The molecule has 4 heteroatoms. The fourth-order valence-corrected chi connectivity index (χ4v) is 0.882. The molecule has 2 heterocycles. The Labute approximate surface area is 81.3 Å². The van der Waals surface area contributed by atoms with Gasteiger partial charge in [0.1, 0.15) is 5.82 Å². The molecule has 2 aromatic rings. The van der Waals surface area contributed by atoms with Crippen molar-refractivity contribution in [2.24, 2.45) is 0 Å². The first kappa shape index (κ1) is 2.45. The zero-order valence-corrected chi connectivity index (χ0v) is 5.92. The van der Waals surface area contributed by atoms with E-state index < -0.39 is 43.0 Å². The van der Waals surface area contributed by atoms with Crippen molar-refractivity contribution in [1.29, 1.82) is 0 Å². The van der Waals surface area contributed by atoms with Gasteiger partial charge < -0.3 is 5.73 Å². The molecule has 0 atom stereocenters. The molecular weight excluding hydrogens is 152 g/mol. The van der Waals surface area contributed by atoms with Crippen LogP contribution in [0.5, 0.6) is 0 Å². The lowest BCUT2D eigenvalue weighted by molar-refractivity contribution is 0.936. The minimum absolute atomic E-state index is 0.361. The van der Waals surface area contributed by atoms with Gasteiger partial charge >= 0.3 is 0 Å². The van der Waals surface area contributed by atoms with Gasteiger partial charge in [0.15, 0.2) is 5.65 Å². The Hall–Kier alpha value is -1.58. The maximum Gasteiger partial charge on any atom is 0.156 e. The maximum atomic E-state index is 7.72. The van der Waals surface area contributed by atoms with Crippen LogP contribution in [-0.2, 0) is 0 Å². The number of imidazole rings is 1. The average molecular weight is 170 g/mol. The Bertz CT molecular complexity index is 683. The van der Waals surface area contributed by atoms with E-state index in [1.54, 1.807) is 0 Å². The molecule has 62 valence electrons. The van der Waals surface area contributed by atoms with Gasteiger partial charge in [-0.1, -0.05) is 0 Å². The number of aryl methyl sites for hydroxylation is 2. The smallest absolute Gasteiger partial charge is 0.156 e. The number of nitrogens with two attached hydrogens (primary N) is 1. The third kappa shape index (κ3) is 0.922. The summed E-state index contributed by atoms with van der Waals surface area (Å²) >= 11 is 0. The third-order valence-corrected chi connectivity index (χ3v) is 1.31. The van der Waals surface area contributed by atoms with E-state index in [4.69, 9.17) is 16.7 Å². The highest BCUT2D eigenvalue weighted by molar-refractivity contribution is 5.50. The number of anilines is 1. The van der Waals surface area contributed by atoms with E-state index in [0.29, 0.717) is 0 Å². The molecule has 12 heavy (non-hydrogen) atoms. The normalized spacial score (nSPS) is 22.7. The first-order chi connectivity index (χ1) is 8.94. The van der Waals surface area contributed by atoms with Gasteiger partial charge in [-0.15, -0.1) is 5.10 Å². The molecule has 0 aliphatic carbocycles. The van der Waals surface area contributed by atoms with Crippen molar-refractivity contribution in [2.45, 2.75) is 13.7 Å². The van der Waals surface area contributed by atoms with Gasteiger partial charge in [0, 0.05) is 8.22 Å². The van der Waals surface area contributed by atoms with Crippen LogP contribution in [0.15, 0.2) is 12.2 Å². The monoisotopic (exact) mass is 170 g/mol. The Balaban J connectivity index is 2.96. The highest BCUT2D eigenvalue weighted by Gasteiger charge is 2.02. The fourth-order valence-electron chi connectivity index (χ4n) is 0.882. The highest BCUT2D eigenvalue weighted by atomic mass is 15.3. The van der Waals surface area contributed by atoms with Crippen LogP contribution in [0.2, 0.25) is 0 Å². The van der Waals surface area contributed by atoms with Crippen LogP contribution in [0, 0.1) is 13.7 Å². The molecule has 2 rings (SSSR count). The zero-order valence-electron chi connectivity index (χ0n) is 13.9. The molecule has 0 bridgehead atoms. The first-order valence-corrected chi connectivity index (χ1v) is 3.11. The van der Waals surface area contributed by atoms with E-state index in [-0.39, 0.29) is 5.65 Å². The lowest BCUT2D eigenvalue weighted by atomic mass is 10.3. The van der Waals surface area contributed by atoms with Crippen molar-refractivity contribution in [3.63, 3.8) is 0 Å². The van der Waals surface area contributed by atoms with Gasteiger partial charge in [-0.05, 0) is 25.3 Å². The second-order valence-corrected chi connectivity index (χ2v) is 2.19. The number of fused-ring (bicyclic) bond motifs is 1. The predicted octanol–water partition coefficient (Wildman–Crippen LogP) is 0.928. The van der Waals surface area contributed by atoms with Crippen molar-refractivity contribution >= 4 is 11.5 Å². The SMILES string of the molecule is [2H]c1c(N)nn2c([2H])c(C([2H])([2H])[2H])nc2c1C([2H])([2H])[2H]. The number of nitrogen functional groups attached to an aromatic ring is 1. The lowest BCUT2D eigenvalue weighted by Gasteiger charge is -1.97. The number of rotatable bonds is 0. The third-order valence-electron chi connectivity index (χ3n) is 1.31. The molecule has 2 N–H and O–H groups in total. The summed E-state index contributed by atoms with van der Waals surface area (Å²) < 4.78 is 60.1. The summed E-state index contributed by atoms with van der Waals surface area (Å²) in [6.07, 6.45) is -0.572. The Morgan fingerprint density at radius 1 is 1.67 bits per heavy atom. The van der Waals surface area contributed by atoms with Crippen molar-refractivity contribution < 1.29 is 11.0 Å². The summed E-state index contributed by atoms with van der Waals surface area (Å²) in [6, 6.07) is -0.542. The molecular formula is C8H10N4. The van der Waals surface area contributed by atoms with Gasteiger partial charge in [-0.2, -0.15) is 0 Å².